The van der Waals surface area contributed by atoms with Crippen LogP contribution in [0.15, 0.2) is 27.7 Å². The fourth-order valence-electron chi connectivity index (χ4n) is 1.72. The summed E-state index contributed by atoms with van der Waals surface area (Å²) >= 11 is 4.97. The van der Waals surface area contributed by atoms with Gasteiger partial charge in [-0.3, -0.25) is 4.79 Å². The molecule has 0 spiro atoms. The molecule has 2 heterocycles. The van der Waals surface area contributed by atoms with Crippen molar-refractivity contribution in [2.24, 2.45) is 0 Å². The number of halogens is 1. The van der Waals surface area contributed by atoms with Crippen LogP contribution in [0.4, 0.5) is 0 Å². The van der Waals surface area contributed by atoms with Crippen LogP contribution in [-0.4, -0.2) is 9.97 Å². The average Bonchev–Trinajstić information content (AvgIpc) is 2.59. The van der Waals surface area contributed by atoms with Gasteiger partial charge in [0.15, 0.2) is 0 Å². The molecule has 16 heavy (non-hydrogen) atoms. The van der Waals surface area contributed by atoms with E-state index in [0.29, 0.717) is 4.70 Å². The van der Waals surface area contributed by atoms with E-state index in [2.05, 4.69) is 32.0 Å². The van der Waals surface area contributed by atoms with Crippen molar-refractivity contribution in [2.75, 3.05) is 0 Å². The highest BCUT2D eigenvalue weighted by Gasteiger charge is 2.10. The van der Waals surface area contributed by atoms with Gasteiger partial charge in [0.2, 0.25) is 0 Å². The van der Waals surface area contributed by atoms with Gasteiger partial charge in [-0.05, 0) is 24.6 Å². The van der Waals surface area contributed by atoms with Gasteiger partial charge in [-0.1, -0.05) is 15.9 Å². The van der Waals surface area contributed by atoms with E-state index >= 15 is 0 Å². The van der Waals surface area contributed by atoms with Gasteiger partial charge >= 0.3 is 0 Å². The molecule has 0 bridgehead atoms. The molecule has 3 rings (SSSR count). The number of benzene rings is 1. The van der Waals surface area contributed by atoms with Crippen LogP contribution in [0.3, 0.4) is 0 Å². The summed E-state index contributed by atoms with van der Waals surface area (Å²) in [6.07, 6.45) is 1.45. The number of thiophene rings is 1. The third-order valence-electron chi connectivity index (χ3n) is 2.54. The van der Waals surface area contributed by atoms with E-state index in [9.17, 15) is 4.79 Å². The molecule has 2 aromatic heterocycles. The Hall–Kier alpha value is -1.20. The molecule has 3 aromatic rings. The SMILES string of the molecule is Cc1cc2c(cc1Br)sc1c(=O)[nH]cnc12. The van der Waals surface area contributed by atoms with Crippen LogP contribution >= 0.6 is 27.3 Å². The number of nitrogens with zero attached hydrogens (tertiary/aromatic N) is 1. The molecule has 0 radical (unpaired) electrons. The molecule has 80 valence electrons. The van der Waals surface area contributed by atoms with E-state index in [1.54, 1.807) is 0 Å². The highest BCUT2D eigenvalue weighted by atomic mass is 79.9. The highest BCUT2D eigenvalue weighted by molar-refractivity contribution is 9.10. The monoisotopic (exact) mass is 294 g/mol. The molecular weight excluding hydrogens is 288 g/mol. The summed E-state index contributed by atoms with van der Waals surface area (Å²) in [7, 11) is 0. The average molecular weight is 295 g/mol. The summed E-state index contributed by atoms with van der Waals surface area (Å²) in [6, 6.07) is 4.10. The van der Waals surface area contributed by atoms with Gasteiger partial charge in [0, 0.05) is 14.6 Å². The first-order valence-corrected chi connectivity index (χ1v) is 6.34. The smallest absolute Gasteiger partial charge is 0.268 e. The maximum atomic E-state index is 11.6. The van der Waals surface area contributed by atoms with Crippen LogP contribution in [0.25, 0.3) is 20.3 Å². The lowest BCUT2D eigenvalue weighted by atomic mass is 10.2. The molecule has 0 atom stereocenters. The minimum Gasteiger partial charge on any atom is -0.312 e. The van der Waals surface area contributed by atoms with Gasteiger partial charge < -0.3 is 4.98 Å². The van der Waals surface area contributed by atoms with Crippen LogP contribution in [0, 0.1) is 6.92 Å². The first-order valence-electron chi connectivity index (χ1n) is 4.73. The second kappa shape index (κ2) is 3.40. The largest absolute Gasteiger partial charge is 0.312 e. The minimum atomic E-state index is -0.0695. The fraction of sp³-hybridized carbons (Fsp3) is 0.0909. The number of H-pyrrole nitrogens is 1. The van der Waals surface area contributed by atoms with Crippen molar-refractivity contribution in [3.05, 3.63) is 38.9 Å². The van der Waals surface area contributed by atoms with E-state index in [4.69, 9.17) is 0 Å². The normalized spacial score (nSPS) is 11.4. The van der Waals surface area contributed by atoms with E-state index in [0.717, 1.165) is 25.6 Å². The Morgan fingerprint density at radius 1 is 1.44 bits per heavy atom. The van der Waals surface area contributed by atoms with Crippen molar-refractivity contribution < 1.29 is 0 Å². The van der Waals surface area contributed by atoms with Gasteiger partial charge in [0.05, 0.1) is 11.8 Å². The van der Waals surface area contributed by atoms with Gasteiger partial charge in [-0.25, -0.2) is 4.98 Å². The summed E-state index contributed by atoms with van der Waals surface area (Å²) in [5.74, 6) is 0. The first-order chi connectivity index (χ1) is 7.66. The maximum absolute atomic E-state index is 11.6. The number of aryl methyl sites for hydroxylation is 1. The Kier molecular flexibility index (Phi) is 2.12. The molecule has 1 aromatic carbocycles. The third kappa shape index (κ3) is 1.32. The van der Waals surface area contributed by atoms with E-state index < -0.39 is 0 Å². The fourth-order valence-corrected chi connectivity index (χ4v) is 3.28. The Morgan fingerprint density at radius 2 is 2.25 bits per heavy atom. The highest BCUT2D eigenvalue weighted by Crippen LogP contribution is 2.33. The molecule has 0 unspecified atom stereocenters. The van der Waals surface area contributed by atoms with Crippen molar-refractivity contribution in [2.45, 2.75) is 6.92 Å². The zero-order valence-electron chi connectivity index (χ0n) is 8.37. The van der Waals surface area contributed by atoms with Crippen LogP contribution in [0.1, 0.15) is 5.56 Å². The van der Waals surface area contributed by atoms with Crippen molar-refractivity contribution in [1.82, 2.24) is 9.97 Å². The predicted octanol–water partition coefficient (Wildman–Crippen LogP) is 3.21. The van der Waals surface area contributed by atoms with Crippen molar-refractivity contribution >= 4 is 47.6 Å². The Morgan fingerprint density at radius 3 is 3.06 bits per heavy atom. The summed E-state index contributed by atoms with van der Waals surface area (Å²) < 4.78 is 2.83. The molecule has 1 N–H and O–H groups in total. The van der Waals surface area contributed by atoms with Crippen molar-refractivity contribution in [1.29, 1.82) is 0 Å². The van der Waals surface area contributed by atoms with Crippen LogP contribution in [0.2, 0.25) is 0 Å². The third-order valence-corrected chi connectivity index (χ3v) is 4.53. The predicted molar refractivity (Wildman–Crippen MR) is 70.2 cm³/mol. The first kappa shape index (κ1) is 9.99. The van der Waals surface area contributed by atoms with E-state index in [1.807, 2.05) is 13.0 Å². The number of rotatable bonds is 0. The molecule has 0 aliphatic rings. The molecule has 0 aliphatic heterocycles. The molecule has 5 heteroatoms. The zero-order chi connectivity index (χ0) is 11.3. The quantitative estimate of drug-likeness (QED) is 0.692. The van der Waals surface area contributed by atoms with Crippen molar-refractivity contribution in [3.8, 4) is 0 Å². The molecule has 3 nitrogen and oxygen atoms in total. The molecule has 0 saturated carbocycles. The summed E-state index contributed by atoms with van der Waals surface area (Å²) in [5.41, 5.74) is 1.87. The second-order valence-corrected chi connectivity index (χ2v) is 5.52. The molecule has 0 aliphatic carbocycles. The van der Waals surface area contributed by atoms with Gasteiger partial charge in [0.25, 0.3) is 5.56 Å². The molecule has 0 amide bonds. The lowest BCUT2D eigenvalue weighted by Crippen LogP contribution is -2.03. The number of fused-ring (bicyclic) bond motifs is 3. The zero-order valence-corrected chi connectivity index (χ0v) is 10.8. The van der Waals surface area contributed by atoms with Gasteiger partial charge in [-0.15, -0.1) is 11.3 Å². The Balaban J connectivity index is 2.61. The number of aromatic amines is 1. The van der Waals surface area contributed by atoms with Gasteiger partial charge in [0.1, 0.15) is 4.70 Å². The van der Waals surface area contributed by atoms with E-state index in [-0.39, 0.29) is 5.56 Å². The lowest BCUT2D eigenvalue weighted by Gasteiger charge is -1.97. The standard InChI is InChI=1S/C11H7BrN2OS/c1-5-2-6-8(3-7(5)12)16-10-9(6)13-4-14-11(10)15/h2-4H,1H3,(H,13,14,15). The van der Waals surface area contributed by atoms with Gasteiger partial charge in [-0.2, -0.15) is 0 Å². The molecule has 0 fully saturated rings. The summed E-state index contributed by atoms with van der Waals surface area (Å²) in [4.78, 5) is 18.5. The second-order valence-electron chi connectivity index (χ2n) is 3.61. The number of hydrogen-bond acceptors (Lipinski definition) is 3. The number of hydrogen-bond donors (Lipinski definition) is 1. The lowest BCUT2D eigenvalue weighted by molar-refractivity contribution is 1.18. The summed E-state index contributed by atoms with van der Waals surface area (Å²) in [5, 5.41) is 1.05. The number of nitrogens with one attached hydrogen (secondary N) is 1. The van der Waals surface area contributed by atoms with E-state index in [1.165, 1.54) is 17.7 Å². The van der Waals surface area contributed by atoms with Crippen LogP contribution < -0.4 is 5.56 Å². The maximum Gasteiger partial charge on any atom is 0.268 e. The minimum absolute atomic E-state index is 0.0695. The molecule has 0 saturated heterocycles. The van der Waals surface area contributed by atoms with Crippen molar-refractivity contribution in [3.63, 3.8) is 0 Å². The Bertz CT molecular complexity index is 760. The van der Waals surface area contributed by atoms with Crippen LogP contribution in [0.5, 0.6) is 0 Å². The molecular formula is C11H7BrN2OS. The van der Waals surface area contributed by atoms with Crippen LogP contribution in [-0.2, 0) is 0 Å². The Labute approximate surface area is 103 Å². The number of aromatic nitrogens is 2. The topological polar surface area (TPSA) is 45.8 Å². The summed E-state index contributed by atoms with van der Waals surface area (Å²) in [6.45, 7) is 2.03.